The number of rotatable bonds is 3. The molecular weight excluding hydrogens is 198 g/mol. The molecule has 1 aromatic carbocycles. The van der Waals surface area contributed by atoms with E-state index in [0.29, 0.717) is 29.2 Å². The van der Waals surface area contributed by atoms with Crippen LogP contribution in [0.5, 0.6) is 11.5 Å². The molecule has 1 N–H and O–H groups in total. The van der Waals surface area contributed by atoms with Gasteiger partial charge in [-0.15, -0.1) is 0 Å². The van der Waals surface area contributed by atoms with Crippen molar-refractivity contribution < 1.29 is 19.1 Å². The third kappa shape index (κ3) is 1.63. The Balaban J connectivity index is 2.51. The maximum Gasteiger partial charge on any atom is 0.231 e. The van der Waals surface area contributed by atoms with Crippen LogP contribution >= 0.6 is 0 Å². The number of nitrogens with one attached hydrogen (secondary N) is 1. The Kier molecular flexibility index (Phi) is 2.29. The topological polar surface area (TPSA) is 64.6 Å². The molecule has 0 aromatic heterocycles. The summed E-state index contributed by atoms with van der Waals surface area (Å²) in [5.74, 6) is 0.915. The summed E-state index contributed by atoms with van der Waals surface area (Å²) in [4.78, 5) is 21.6. The van der Waals surface area contributed by atoms with Crippen LogP contribution in [-0.4, -0.2) is 19.0 Å². The molecule has 2 rings (SSSR count). The fourth-order valence-corrected chi connectivity index (χ4v) is 1.42. The molecule has 0 atom stereocenters. The highest BCUT2D eigenvalue weighted by Crippen LogP contribution is 2.36. The molecule has 0 spiro atoms. The zero-order valence-electron chi connectivity index (χ0n) is 8.07. The lowest BCUT2D eigenvalue weighted by atomic mass is 10.1. The second kappa shape index (κ2) is 3.61. The molecule has 1 amide bonds. The van der Waals surface area contributed by atoms with Gasteiger partial charge in [-0.1, -0.05) is 0 Å². The summed E-state index contributed by atoms with van der Waals surface area (Å²) in [6, 6.07) is 3.14. The lowest BCUT2D eigenvalue weighted by Crippen LogP contribution is -2.02. The Hall–Kier alpha value is -2.04. The van der Waals surface area contributed by atoms with E-state index in [0.717, 1.165) is 0 Å². The molecule has 0 saturated heterocycles. The zero-order chi connectivity index (χ0) is 10.8. The fraction of sp³-hybridized carbons (Fsp3) is 0.200. The van der Waals surface area contributed by atoms with Crippen molar-refractivity contribution in [2.75, 3.05) is 12.1 Å². The Morgan fingerprint density at radius 1 is 1.40 bits per heavy atom. The normalized spacial score (nSPS) is 12.3. The number of hydrogen-bond donors (Lipinski definition) is 1. The van der Waals surface area contributed by atoms with Gasteiger partial charge < -0.3 is 14.8 Å². The highest BCUT2D eigenvalue weighted by Gasteiger charge is 2.18. The average Bonchev–Trinajstić information content (AvgIpc) is 2.63. The quantitative estimate of drug-likeness (QED) is 0.597. The molecule has 1 aromatic rings. The van der Waals surface area contributed by atoms with Crippen LogP contribution in [0.15, 0.2) is 12.1 Å². The van der Waals surface area contributed by atoms with E-state index in [-0.39, 0.29) is 12.6 Å². The van der Waals surface area contributed by atoms with Crippen LogP contribution < -0.4 is 14.8 Å². The summed E-state index contributed by atoms with van der Waals surface area (Å²) in [5.41, 5.74) is 0.841. The van der Waals surface area contributed by atoms with E-state index >= 15 is 0 Å². The Labute approximate surface area is 86.0 Å². The van der Waals surface area contributed by atoms with Crippen molar-refractivity contribution in [3.05, 3.63) is 17.7 Å². The van der Waals surface area contributed by atoms with Crippen molar-refractivity contribution in [1.29, 1.82) is 0 Å². The minimum absolute atomic E-state index is 0.136. The van der Waals surface area contributed by atoms with Crippen LogP contribution in [0.2, 0.25) is 0 Å². The first-order chi connectivity index (χ1) is 7.22. The molecular formula is C10H9NO4. The Morgan fingerprint density at radius 2 is 2.07 bits per heavy atom. The van der Waals surface area contributed by atoms with Crippen molar-refractivity contribution in [2.45, 2.75) is 6.92 Å². The maximum atomic E-state index is 11.3. The molecule has 5 nitrogen and oxygen atoms in total. The first-order valence-corrected chi connectivity index (χ1v) is 4.37. The van der Waals surface area contributed by atoms with E-state index in [1.54, 1.807) is 12.1 Å². The van der Waals surface area contributed by atoms with E-state index in [9.17, 15) is 9.59 Å². The number of benzene rings is 1. The zero-order valence-corrected chi connectivity index (χ0v) is 8.07. The van der Waals surface area contributed by atoms with Gasteiger partial charge in [-0.05, 0) is 13.0 Å². The third-order valence-electron chi connectivity index (χ3n) is 2.11. The molecule has 0 bridgehead atoms. The molecule has 0 fully saturated rings. The molecule has 5 heteroatoms. The molecule has 0 aliphatic carbocycles. The maximum absolute atomic E-state index is 11.3. The lowest BCUT2D eigenvalue weighted by molar-refractivity contribution is -0.105. The third-order valence-corrected chi connectivity index (χ3v) is 2.11. The molecule has 0 saturated carbocycles. The SMILES string of the molecule is CC(=O)c1cc2c(cc1NC=O)OCO2. The van der Waals surface area contributed by atoms with Gasteiger partial charge in [-0.3, -0.25) is 9.59 Å². The largest absolute Gasteiger partial charge is 0.454 e. The molecule has 78 valence electrons. The molecule has 0 unspecified atom stereocenters. The summed E-state index contributed by atoms with van der Waals surface area (Å²) in [6.07, 6.45) is 0.518. The average molecular weight is 207 g/mol. The van der Waals surface area contributed by atoms with Gasteiger partial charge in [0, 0.05) is 11.6 Å². The summed E-state index contributed by atoms with van der Waals surface area (Å²) >= 11 is 0. The first-order valence-electron chi connectivity index (χ1n) is 4.37. The van der Waals surface area contributed by atoms with Gasteiger partial charge in [-0.2, -0.15) is 0 Å². The lowest BCUT2D eigenvalue weighted by Gasteiger charge is -2.06. The van der Waals surface area contributed by atoms with E-state index < -0.39 is 0 Å². The Bertz CT molecular complexity index is 428. The molecule has 1 aliphatic rings. The van der Waals surface area contributed by atoms with Crippen LogP contribution in [0.25, 0.3) is 0 Å². The number of ether oxygens (including phenoxy) is 2. The summed E-state index contributed by atoms with van der Waals surface area (Å²) in [7, 11) is 0. The number of anilines is 1. The minimum Gasteiger partial charge on any atom is -0.454 e. The van der Waals surface area contributed by atoms with Gasteiger partial charge in [-0.25, -0.2) is 0 Å². The molecule has 0 radical (unpaired) electrons. The van der Waals surface area contributed by atoms with Gasteiger partial charge in [0.25, 0.3) is 0 Å². The van der Waals surface area contributed by atoms with Crippen LogP contribution in [0.4, 0.5) is 5.69 Å². The molecule has 1 aliphatic heterocycles. The summed E-state index contributed by atoms with van der Waals surface area (Å²) < 4.78 is 10.3. The van der Waals surface area contributed by atoms with Gasteiger partial charge in [0.1, 0.15) is 0 Å². The van der Waals surface area contributed by atoms with Crippen LogP contribution in [-0.2, 0) is 4.79 Å². The highest BCUT2D eigenvalue weighted by molar-refractivity contribution is 6.02. The van der Waals surface area contributed by atoms with Gasteiger partial charge in [0.2, 0.25) is 13.2 Å². The van der Waals surface area contributed by atoms with Crippen LogP contribution in [0, 0.1) is 0 Å². The van der Waals surface area contributed by atoms with Crippen molar-refractivity contribution in [3.63, 3.8) is 0 Å². The predicted octanol–water partition coefficient (Wildman–Crippen LogP) is 1.19. The number of hydrogen-bond acceptors (Lipinski definition) is 4. The summed E-state index contributed by atoms with van der Waals surface area (Å²) in [6.45, 7) is 1.56. The Morgan fingerprint density at radius 3 is 2.67 bits per heavy atom. The van der Waals surface area contributed by atoms with Gasteiger partial charge >= 0.3 is 0 Å². The number of Topliss-reactive ketones (excluding diaryl/α,β-unsaturated/α-hetero) is 1. The molecule has 1 heterocycles. The number of carbonyl (C=O) groups excluding carboxylic acids is 2. The standard InChI is InChI=1S/C10H9NO4/c1-6(13)7-2-9-10(15-5-14-9)3-8(7)11-4-12/h2-4H,5H2,1H3,(H,11,12). The van der Waals surface area contributed by atoms with Crippen molar-refractivity contribution >= 4 is 17.9 Å². The number of ketones is 1. The first kappa shape index (κ1) is 9.51. The monoisotopic (exact) mass is 207 g/mol. The van der Waals surface area contributed by atoms with Gasteiger partial charge in [0.15, 0.2) is 17.3 Å². The fourth-order valence-electron chi connectivity index (χ4n) is 1.42. The number of amides is 1. The second-order valence-corrected chi connectivity index (χ2v) is 3.07. The van der Waals surface area contributed by atoms with Gasteiger partial charge in [0.05, 0.1) is 5.69 Å². The van der Waals surface area contributed by atoms with Crippen LogP contribution in [0.3, 0.4) is 0 Å². The predicted molar refractivity (Wildman–Crippen MR) is 52.3 cm³/mol. The second-order valence-electron chi connectivity index (χ2n) is 3.07. The smallest absolute Gasteiger partial charge is 0.231 e. The van der Waals surface area contributed by atoms with Crippen molar-refractivity contribution in [3.8, 4) is 11.5 Å². The number of fused-ring (bicyclic) bond motifs is 1. The number of carbonyl (C=O) groups is 2. The van der Waals surface area contributed by atoms with Crippen LogP contribution in [0.1, 0.15) is 17.3 Å². The highest BCUT2D eigenvalue weighted by atomic mass is 16.7. The minimum atomic E-state index is -0.141. The van der Waals surface area contributed by atoms with Crippen molar-refractivity contribution in [2.24, 2.45) is 0 Å². The van der Waals surface area contributed by atoms with Crippen molar-refractivity contribution in [1.82, 2.24) is 0 Å². The van der Waals surface area contributed by atoms with E-state index in [2.05, 4.69) is 5.32 Å². The van der Waals surface area contributed by atoms with E-state index in [1.807, 2.05) is 0 Å². The van der Waals surface area contributed by atoms with E-state index in [4.69, 9.17) is 9.47 Å². The molecule has 15 heavy (non-hydrogen) atoms. The summed E-state index contributed by atoms with van der Waals surface area (Å²) in [5, 5.41) is 2.45. The van der Waals surface area contributed by atoms with E-state index in [1.165, 1.54) is 6.92 Å².